The van der Waals surface area contributed by atoms with Crippen LogP contribution < -0.4 is 10.6 Å². The molecule has 3 nitrogen and oxygen atoms in total. The average molecular weight is 270 g/mol. The number of anilines is 2. The van der Waals surface area contributed by atoms with Gasteiger partial charge in [-0.1, -0.05) is 30.3 Å². The predicted octanol–water partition coefficient (Wildman–Crippen LogP) is 3.22. The van der Waals surface area contributed by atoms with Gasteiger partial charge in [0, 0.05) is 24.5 Å². The first-order valence-corrected chi connectivity index (χ1v) is 7.04. The van der Waals surface area contributed by atoms with Gasteiger partial charge in [-0.25, -0.2) is 0 Å². The molecule has 0 aliphatic heterocycles. The number of nitrogens with two attached hydrogens (primary N) is 1. The van der Waals surface area contributed by atoms with Crippen molar-refractivity contribution in [2.24, 2.45) is 0 Å². The van der Waals surface area contributed by atoms with Crippen molar-refractivity contribution in [2.45, 2.75) is 19.4 Å². The largest absolute Gasteiger partial charge is 0.399 e. The van der Waals surface area contributed by atoms with Crippen LogP contribution in [0.3, 0.4) is 0 Å². The molecule has 106 valence electrons. The molecule has 0 saturated carbocycles. The second-order valence-electron chi connectivity index (χ2n) is 4.89. The highest BCUT2D eigenvalue weighted by atomic mass is 16.3. The Balaban J connectivity index is 1.94. The van der Waals surface area contributed by atoms with E-state index in [0.717, 1.165) is 24.3 Å². The molecule has 3 N–H and O–H groups in total. The van der Waals surface area contributed by atoms with Crippen molar-refractivity contribution in [1.29, 1.82) is 0 Å². The number of hydrogen-bond acceptors (Lipinski definition) is 3. The molecule has 0 amide bonds. The summed E-state index contributed by atoms with van der Waals surface area (Å²) in [5.74, 6) is 0. The fraction of sp³-hybridized carbons (Fsp3) is 0.294. The fourth-order valence-corrected chi connectivity index (χ4v) is 2.27. The molecule has 0 radical (unpaired) electrons. The molecule has 0 aliphatic carbocycles. The molecule has 0 aliphatic rings. The zero-order valence-corrected chi connectivity index (χ0v) is 11.9. The molecule has 2 rings (SSSR count). The minimum atomic E-state index is -0.451. The summed E-state index contributed by atoms with van der Waals surface area (Å²) in [6, 6.07) is 17.7. The van der Waals surface area contributed by atoms with Gasteiger partial charge in [0.15, 0.2) is 0 Å². The third kappa shape index (κ3) is 3.75. The summed E-state index contributed by atoms with van der Waals surface area (Å²) < 4.78 is 0. The fourth-order valence-electron chi connectivity index (χ4n) is 2.27. The number of rotatable bonds is 6. The van der Waals surface area contributed by atoms with Crippen molar-refractivity contribution < 1.29 is 5.11 Å². The number of aliphatic hydroxyl groups is 1. The van der Waals surface area contributed by atoms with E-state index in [1.54, 1.807) is 0 Å². The first-order chi connectivity index (χ1) is 9.70. The molecule has 0 aromatic heterocycles. The van der Waals surface area contributed by atoms with E-state index in [1.165, 1.54) is 5.69 Å². The van der Waals surface area contributed by atoms with Crippen molar-refractivity contribution >= 4 is 11.4 Å². The number of aliphatic hydroxyl groups excluding tert-OH is 1. The Labute approximate surface area is 120 Å². The Morgan fingerprint density at radius 1 is 1.05 bits per heavy atom. The summed E-state index contributed by atoms with van der Waals surface area (Å²) in [5.41, 5.74) is 8.49. The highest BCUT2D eigenvalue weighted by Crippen LogP contribution is 2.20. The molecule has 3 heteroatoms. The molecule has 0 saturated heterocycles. The molecule has 1 unspecified atom stereocenters. The standard InChI is InChI=1S/C17H22N2O/c1-2-19(16-6-4-3-5-7-16)13-12-17(20)14-8-10-15(18)11-9-14/h3-11,17,20H,2,12-13,18H2,1H3. The van der Waals surface area contributed by atoms with Gasteiger partial charge < -0.3 is 15.7 Å². The number of hydrogen-bond donors (Lipinski definition) is 2. The SMILES string of the molecule is CCN(CCC(O)c1ccc(N)cc1)c1ccccc1. The quantitative estimate of drug-likeness (QED) is 0.792. The lowest BCUT2D eigenvalue weighted by Gasteiger charge is -2.24. The normalized spacial score (nSPS) is 12.1. The molecule has 2 aromatic carbocycles. The van der Waals surface area contributed by atoms with E-state index in [9.17, 15) is 5.11 Å². The average Bonchev–Trinajstić information content (AvgIpc) is 2.49. The van der Waals surface area contributed by atoms with E-state index >= 15 is 0 Å². The third-order valence-electron chi connectivity index (χ3n) is 3.50. The summed E-state index contributed by atoms with van der Waals surface area (Å²) in [4.78, 5) is 2.26. The summed E-state index contributed by atoms with van der Waals surface area (Å²) in [6.07, 6.45) is 0.250. The Kier molecular flexibility index (Phi) is 5.02. The minimum Gasteiger partial charge on any atom is -0.399 e. The summed E-state index contributed by atoms with van der Waals surface area (Å²) in [7, 11) is 0. The van der Waals surface area contributed by atoms with Gasteiger partial charge >= 0.3 is 0 Å². The van der Waals surface area contributed by atoms with Crippen LogP contribution in [0, 0.1) is 0 Å². The molecule has 20 heavy (non-hydrogen) atoms. The molecule has 0 spiro atoms. The molecule has 0 fully saturated rings. The smallest absolute Gasteiger partial charge is 0.0806 e. The molecular weight excluding hydrogens is 248 g/mol. The van der Waals surface area contributed by atoms with Gasteiger partial charge in [0.2, 0.25) is 0 Å². The van der Waals surface area contributed by atoms with Crippen LogP contribution >= 0.6 is 0 Å². The molecule has 0 bridgehead atoms. The van der Waals surface area contributed by atoms with E-state index in [2.05, 4.69) is 24.0 Å². The van der Waals surface area contributed by atoms with Gasteiger partial charge in [-0.05, 0) is 43.2 Å². The van der Waals surface area contributed by atoms with Crippen LogP contribution in [0.1, 0.15) is 25.0 Å². The Morgan fingerprint density at radius 2 is 1.70 bits per heavy atom. The highest BCUT2D eigenvalue weighted by Gasteiger charge is 2.10. The van der Waals surface area contributed by atoms with Crippen LogP contribution in [0.2, 0.25) is 0 Å². The van der Waals surface area contributed by atoms with Crippen LogP contribution in [-0.4, -0.2) is 18.2 Å². The molecular formula is C17H22N2O. The summed E-state index contributed by atoms with van der Waals surface area (Å²) in [5, 5.41) is 10.2. The van der Waals surface area contributed by atoms with Crippen LogP contribution in [0.4, 0.5) is 11.4 Å². The maximum absolute atomic E-state index is 10.2. The summed E-state index contributed by atoms with van der Waals surface area (Å²) in [6.45, 7) is 3.88. The molecule has 1 atom stereocenters. The predicted molar refractivity (Wildman–Crippen MR) is 84.8 cm³/mol. The Hall–Kier alpha value is -2.00. The lowest BCUT2D eigenvalue weighted by Crippen LogP contribution is -2.25. The zero-order chi connectivity index (χ0) is 14.4. The van der Waals surface area contributed by atoms with Gasteiger partial charge in [0.1, 0.15) is 0 Å². The van der Waals surface area contributed by atoms with E-state index in [1.807, 2.05) is 42.5 Å². The van der Waals surface area contributed by atoms with Crippen LogP contribution in [0.5, 0.6) is 0 Å². The number of benzene rings is 2. The van der Waals surface area contributed by atoms with E-state index in [-0.39, 0.29) is 0 Å². The maximum Gasteiger partial charge on any atom is 0.0806 e. The topological polar surface area (TPSA) is 49.5 Å². The van der Waals surface area contributed by atoms with Gasteiger partial charge in [-0.15, -0.1) is 0 Å². The zero-order valence-electron chi connectivity index (χ0n) is 11.9. The monoisotopic (exact) mass is 270 g/mol. The Morgan fingerprint density at radius 3 is 2.30 bits per heavy atom. The number of nitrogen functional groups attached to an aromatic ring is 1. The van der Waals surface area contributed by atoms with Gasteiger partial charge in [0.05, 0.1) is 6.10 Å². The van der Waals surface area contributed by atoms with Crippen molar-refractivity contribution in [1.82, 2.24) is 0 Å². The van der Waals surface area contributed by atoms with Crippen LogP contribution in [0.25, 0.3) is 0 Å². The second kappa shape index (κ2) is 6.96. The van der Waals surface area contributed by atoms with Crippen molar-refractivity contribution in [3.05, 3.63) is 60.2 Å². The highest BCUT2D eigenvalue weighted by molar-refractivity contribution is 5.45. The van der Waals surface area contributed by atoms with Gasteiger partial charge in [0.25, 0.3) is 0 Å². The van der Waals surface area contributed by atoms with Crippen molar-refractivity contribution in [2.75, 3.05) is 23.7 Å². The number of nitrogens with zero attached hydrogens (tertiary/aromatic N) is 1. The van der Waals surface area contributed by atoms with E-state index in [4.69, 9.17) is 5.73 Å². The lowest BCUT2D eigenvalue weighted by atomic mass is 10.1. The lowest BCUT2D eigenvalue weighted by molar-refractivity contribution is 0.169. The first kappa shape index (κ1) is 14.4. The minimum absolute atomic E-state index is 0.451. The van der Waals surface area contributed by atoms with E-state index in [0.29, 0.717) is 6.42 Å². The second-order valence-corrected chi connectivity index (χ2v) is 4.89. The maximum atomic E-state index is 10.2. The van der Waals surface area contributed by atoms with Crippen molar-refractivity contribution in [3.8, 4) is 0 Å². The summed E-state index contributed by atoms with van der Waals surface area (Å²) >= 11 is 0. The van der Waals surface area contributed by atoms with Crippen LogP contribution in [-0.2, 0) is 0 Å². The van der Waals surface area contributed by atoms with Crippen LogP contribution in [0.15, 0.2) is 54.6 Å². The Bertz CT molecular complexity index is 510. The molecule has 2 aromatic rings. The third-order valence-corrected chi connectivity index (χ3v) is 3.50. The van der Waals surface area contributed by atoms with Crippen molar-refractivity contribution in [3.63, 3.8) is 0 Å². The van der Waals surface area contributed by atoms with E-state index < -0.39 is 6.10 Å². The molecule has 0 heterocycles. The number of para-hydroxylation sites is 1. The van der Waals surface area contributed by atoms with Gasteiger partial charge in [-0.3, -0.25) is 0 Å². The van der Waals surface area contributed by atoms with Gasteiger partial charge in [-0.2, -0.15) is 0 Å². The first-order valence-electron chi connectivity index (χ1n) is 7.04.